The largest absolute Gasteiger partial charge is 0.332 e. The molecule has 0 aliphatic rings. The van der Waals surface area contributed by atoms with E-state index in [1.807, 2.05) is 30.3 Å². The zero-order valence-corrected chi connectivity index (χ0v) is 18.7. The molecular weight excluding hydrogens is 454 g/mol. The summed E-state index contributed by atoms with van der Waals surface area (Å²) in [7, 11) is -3.63. The highest BCUT2D eigenvalue weighted by molar-refractivity contribution is 7.89. The Kier molecular flexibility index (Phi) is 7.75. The van der Waals surface area contributed by atoms with Gasteiger partial charge in [-0.25, -0.2) is 13.1 Å². The summed E-state index contributed by atoms with van der Waals surface area (Å²) in [6, 6.07) is 22.1. The Balaban J connectivity index is 1.53. The maximum atomic E-state index is 12.5. The number of thiocarbonyl (C=S) groups is 1. The quantitative estimate of drug-likeness (QED) is 0.452. The van der Waals surface area contributed by atoms with Crippen LogP contribution in [0.5, 0.6) is 0 Å². The number of anilines is 1. The Hall–Kier alpha value is -2.78. The number of rotatable bonds is 7. The van der Waals surface area contributed by atoms with Crippen molar-refractivity contribution in [2.24, 2.45) is 0 Å². The first-order valence-corrected chi connectivity index (χ1v) is 11.6. The number of hydrogen-bond donors (Lipinski definition) is 3. The van der Waals surface area contributed by atoms with Gasteiger partial charge in [-0.1, -0.05) is 41.9 Å². The lowest BCUT2D eigenvalue weighted by atomic mass is 10.2. The predicted molar refractivity (Wildman–Crippen MR) is 127 cm³/mol. The molecule has 3 rings (SSSR count). The van der Waals surface area contributed by atoms with Crippen LogP contribution in [0.2, 0.25) is 5.02 Å². The zero-order valence-electron chi connectivity index (χ0n) is 16.3. The molecule has 160 valence electrons. The van der Waals surface area contributed by atoms with Crippen LogP contribution in [0.1, 0.15) is 15.9 Å². The van der Waals surface area contributed by atoms with Gasteiger partial charge in [-0.2, -0.15) is 0 Å². The van der Waals surface area contributed by atoms with E-state index >= 15 is 0 Å². The molecule has 1 amide bonds. The van der Waals surface area contributed by atoms with E-state index in [-0.39, 0.29) is 15.9 Å². The molecule has 0 aromatic heterocycles. The van der Waals surface area contributed by atoms with Gasteiger partial charge in [0.05, 0.1) is 4.90 Å². The number of sulfonamides is 1. The number of hydrogen-bond acceptors (Lipinski definition) is 4. The zero-order chi connectivity index (χ0) is 22.3. The van der Waals surface area contributed by atoms with Crippen LogP contribution in [-0.4, -0.2) is 26.0 Å². The van der Waals surface area contributed by atoms with E-state index in [0.717, 1.165) is 5.56 Å². The van der Waals surface area contributed by atoms with Crippen molar-refractivity contribution >= 4 is 50.5 Å². The molecule has 0 heterocycles. The lowest BCUT2D eigenvalue weighted by Gasteiger charge is -2.11. The predicted octanol–water partition coefficient (Wildman–Crippen LogP) is 3.99. The molecule has 0 saturated carbocycles. The van der Waals surface area contributed by atoms with Crippen LogP contribution in [0.4, 0.5) is 5.69 Å². The first-order valence-electron chi connectivity index (χ1n) is 9.35. The Bertz CT molecular complexity index is 1150. The van der Waals surface area contributed by atoms with Crippen molar-refractivity contribution < 1.29 is 13.2 Å². The molecule has 0 unspecified atom stereocenters. The van der Waals surface area contributed by atoms with E-state index < -0.39 is 10.0 Å². The highest BCUT2D eigenvalue weighted by atomic mass is 35.5. The Morgan fingerprint density at radius 3 is 2.19 bits per heavy atom. The molecule has 0 aliphatic heterocycles. The van der Waals surface area contributed by atoms with Gasteiger partial charge in [0.25, 0.3) is 5.91 Å². The van der Waals surface area contributed by atoms with Crippen LogP contribution in [-0.2, 0) is 16.4 Å². The Morgan fingerprint density at radius 2 is 1.55 bits per heavy atom. The van der Waals surface area contributed by atoms with E-state index in [9.17, 15) is 13.2 Å². The van der Waals surface area contributed by atoms with Gasteiger partial charge >= 0.3 is 0 Å². The third kappa shape index (κ3) is 6.86. The van der Waals surface area contributed by atoms with Crippen molar-refractivity contribution in [3.05, 3.63) is 95.0 Å². The second-order valence-electron chi connectivity index (χ2n) is 6.57. The van der Waals surface area contributed by atoms with Crippen LogP contribution in [0.3, 0.4) is 0 Å². The van der Waals surface area contributed by atoms with Crippen molar-refractivity contribution in [1.82, 2.24) is 10.0 Å². The summed E-state index contributed by atoms with van der Waals surface area (Å²) < 4.78 is 27.5. The van der Waals surface area contributed by atoms with Gasteiger partial charge in [-0.3, -0.25) is 10.1 Å². The van der Waals surface area contributed by atoms with Crippen LogP contribution in [0.15, 0.2) is 83.8 Å². The van der Waals surface area contributed by atoms with E-state index in [0.29, 0.717) is 29.2 Å². The summed E-state index contributed by atoms with van der Waals surface area (Å²) in [5, 5.41) is 6.04. The molecule has 3 aromatic rings. The van der Waals surface area contributed by atoms with Crippen LogP contribution in [0.25, 0.3) is 0 Å². The van der Waals surface area contributed by atoms with Crippen molar-refractivity contribution in [1.29, 1.82) is 0 Å². The van der Waals surface area contributed by atoms with E-state index in [1.165, 1.54) is 12.1 Å². The molecule has 6 nitrogen and oxygen atoms in total. The maximum absolute atomic E-state index is 12.5. The molecule has 9 heteroatoms. The van der Waals surface area contributed by atoms with Crippen molar-refractivity contribution in [3.8, 4) is 0 Å². The number of carbonyl (C=O) groups is 1. The van der Waals surface area contributed by atoms with Gasteiger partial charge in [0.1, 0.15) is 0 Å². The third-order valence-electron chi connectivity index (χ3n) is 4.30. The first kappa shape index (κ1) is 22.9. The molecule has 3 N–H and O–H groups in total. The van der Waals surface area contributed by atoms with Gasteiger partial charge in [-0.15, -0.1) is 0 Å². The summed E-state index contributed by atoms with van der Waals surface area (Å²) in [6.07, 6.45) is 0.599. The fraction of sp³-hybridized carbons (Fsp3) is 0.0909. The van der Waals surface area contributed by atoms with Crippen molar-refractivity contribution in [2.45, 2.75) is 11.3 Å². The normalized spacial score (nSPS) is 11.0. The SMILES string of the molecule is O=C(NC(=S)Nc1ccc(S(=O)(=O)NCCc2ccccc2)cc1)c1ccc(Cl)cc1. The fourth-order valence-corrected chi connectivity index (χ4v) is 4.08. The number of halogens is 1. The first-order chi connectivity index (χ1) is 14.8. The minimum Gasteiger partial charge on any atom is -0.332 e. The molecule has 0 bridgehead atoms. The standard InChI is InChI=1S/C22H20ClN3O3S2/c23-18-8-6-17(7-9-18)21(27)26-22(30)25-19-10-12-20(13-11-19)31(28,29)24-15-14-16-4-2-1-3-5-16/h1-13,24H,14-15H2,(H2,25,26,27,30). The van der Waals surface area contributed by atoms with E-state index in [1.54, 1.807) is 36.4 Å². The summed E-state index contributed by atoms with van der Waals surface area (Å²) >= 11 is 11.0. The molecule has 31 heavy (non-hydrogen) atoms. The lowest BCUT2D eigenvalue weighted by Crippen LogP contribution is -2.34. The summed E-state index contributed by atoms with van der Waals surface area (Å²) in [5.74, 6) is -0.379. The number of carbonyl (C=O) groups excluding carboxylic acids is 1. The summed E-state index contributed by atoms with van der Waals surface area (Å²) in [5.41, 5.74) is 2.01. The fourth-order valence-electron chi connectivity index (χ4n) is 2.71. The van der Waals surface area contributed by atoms with E-state index in [2.05, 4.69) is 15.4 Å². The Labute approximate surface area is 191 Å². The van der Waals surface area contributed by atoms with Crippen molar-refractivity contribution in [2.75, 3.05) is 11.9 Å². The highest BCUT2D eigenvalue weighted by Gasteiger charge is 2.14. The topological polar surface area (TPSA) is 87.3 Å². The molecule has 0 radical (unpaired) electrons. The number of amides is 1. The van der Waals surface area contributed by atoms with Gasteiger partial charge in [0.15, 0.2) is 5.11 Å². The second kappa shape index (κ2) is 10.5. The smallest absolute Gasteiger partial charge is 0.257 e. The lowest BCUT2D eigenvalue weighted by molar-refractivity contribution is 0.0977. The second-order valence-corrected chi connectivity index (χ2v) is 9.18. The van der Waals surface area contributed by atoms with Crippen LogP contribution >= 0.6 is 23.8 Å². The van der Waals surface area contributed by atoms with Gasteiger partial charge in [-0.05, 0) is 72.7 Å². The average molecular weight is 474 g/mol. The van der Waals surface area contributed by atoms with Gasteiger partial charge < -0.3 is 5.32 Å². The van der Waals surface area contributed by atoms with E-state index in [4.69, 9.17) is 23.8 Å². The average Bonchev–Trinajstić information content (AvgIpc) is 2.75. The monoisotopic (exact) mass is 473 g/mol. The van der Waals surface area contributed by atoms with Crippen molar-refractivity contribution in [3.63, 3.8) is 0 Å². The molecule has 0 aliphatic carbocycles. The minimum absolute atomic E-state index is 0.0940. The third-order valence-corrected chi connectivity index (χ3v) is 6.24. The maximum Gasteiger partial charge on any atom is 0.257 e. The van der Waals surface area contributed by atoms with Gasteiger partial charge in [0, 0.05) is 22.8 Å². The molecule has 0 saturated heterocycles. The van der Waals surface area contributed by atoms with Crippen LogP contribution in [0, 0.1) is 0 Å². The highest BCUT2D eigenvalue weighted by Crippen LogP contribution is 2.14. The minimum atomic E-state index is -3.63. The summed E-state index contributed by atoms with van der Waals surface area (Å²) in [4.78, 5) is 12.3. The number of benzene rings is 3. The van der Waals surface area contributed by atoms with Gasteiger partial charge in [0.2, 0.25) is 10.0 Å². The number of nitrogens with one attached hydrogen (secondary N) is 3. The molecule has 3 aromatic carbocycles. The Morgan fingerprint density at radius 1 is 0.903 bits per heavy atom. The molecule has 0 atom stereocenters. The molecule has 0 spiro atoms. The van der Waals surface area contributed by atoms with Crippen LogP contribution < -0.4 is 15.4 Å². The molecular formula is C22H20ClN3O3S2. The summed E-state index contributed by atoms with van der Waals surface area (Å²) in [6.45, 7) is 0.299. The molecule has 0 fully saturated rings.